The van der Waals surface area contributed by atoms with E-state index in [1.165, 1.54) is 0 Å². The molecule has 0 saturated carbocycles. The Kier molecular flexibility index (Phi) is 9.68. The van der Waals surface area contributed by atoms with Crippen LogP contribution in [0.4, 0.5) is 4.70 Å². The molecule has 4 nitrogen and oxygen atoms in total. The first kappa shape index (κ1) is 12.8. The monoisotopic (exact) mass is 192 g/mol. The molecular formula is C8H21FN4. The third-order valence-corrected chi connectivity index (χ3v) is 1.91. The summed E-state index contributed by atoms with van der Waals surface area (Å²) in [5.74, 6) is 0. The fourth-order valence-electron chi connectivity index (χ4n) is 1.21. The van der Waals surface area contributed by atoms with Crippen LogP contribution in [0.1, 0.15) is 0 Å². The molecule has 5 heteroatoms. The van der Waals surface area contributed by atoms with Gasteiger partial charge in [0.25, 0.3) is 0 Å². The molecule has 0 unspecified atom stereocenters. The van der Waals surface area contributed by atoms with Gasteiger partial charge in [0.2, 0.25) is 0 Å². The molecule has 0 spiro atoms. The normalized spacial score (nSPS) is 22.2. The highest BCUT2D eigenvalue weighted by Crippen LogP contribution is 1.65. The Morgan fingerprint density at radius 3 is 0.615 bits per heavy atom. The van der Waals surface area contributed by atoms with Crippen LogP contribution in [0.5, 0.6) is 0 Å². The van der Waals surface area contributed by atoms with E-state index in [9.17, 15) is 0 Å². The van der Waals surface area contributed by atoms with Crippen LogP contribution in [0.15, 0.2) is 0 Å². The molecule has 2 rings (SSSR count). The standard InChI is InChI=1S/2C4H10N2.FH/c2*1-2-6-4-3-5-1;/h2*5-6H,1-4H2;1H. The van der Waals surface area contributed by atoms with Gasteiger partial charge in [-0.15, -0.1) is 0 Å². The molecule has 2 fully saturated rings. The fourth-order valence-corrected chi connectivity index (χ4v) is 1.21. The maximum absolute atomic E-state index is 3.22. The Balaban J connectivity index is 0.000000206. The van der Waals surface area contributed by atoms with Crippen molar-refractivity contribution < 1.29 is 4.70 Å². The van der Waals surface area contributed by atoms with E-state index in [1.54, 1.807) is 0 Å². The van der Waals surface area contributed by atoms with Crippen molar-refractivity contribution in [1.82, 2.24) is 21.3 Å². The van der Waals surface area contributed by atoms with Gasteiger partial charge in [-0.25, -0.2) is 0 Å². The highest BCUT2D eigenvalue weighted by Gasteiger charge is 1.92. The summed E-state index contributed by atoms with van der Waals surface area (Å²) >= 11 is 0. The SMILES string of the molecule is C1CNCCN1.C1CNCCN1.F. The zero-order valence-corrected chi connectivity index (χ0v) is 8.07. The van der Waals surface area contributed by atoms with Crippen LogP contribution >= 0.6 is 0 Å². The van der Waals surface area contributed by atoms with Crippen LogP contribution in [-0.4, -0.2) is 52.4 Å². The number of hydrogen-bond acceptors (Lipinski definition) is 4. The van der Waals surface area contributed by atoms with E-state index in [0.29, 0.717) is 0 Å². The molecule has 0 atom stereocenters. The van der Waals surface area contributed by atoms with Crippen molar-refractivity contribution in [3.8, 4) is 0 Å². The quantitative estimate of drug-likeness (QED) is 0.378. The highest BCUT2D eigenvalue weighted by atomic mass is 19.0. The highest BCUT2D eigenvalue weighted by molar-refractivity contribution is 4.59. The van der Waals surface area contributed by atoms with E-state index >= 15 is 0 Å². The lowest BCUT2D eigenvalue weighted by molar-refractivity contribution is 0.534. The lowest BCUT2D eigenvalue weighted by Crippen LogP contribution is -2.39. The van der Waals surface area contributed by atoms with Gasteiger partial charge in [-0.1, -0.05) is 0 Å². The maximum Gasteiger partial charge on any atom is 0.00772 e. The summed E-state index contributed by atoms with van der Waals surface area (Å²) in [5.41, 5.74) is 0. The van der Waals surface area contributed by atoms with Gasteiger partial charge in [0, 0.05) is 52.4 Å². The smallest absolute Gasteiger partial charge is 0.00772 e. The van der Waals surface area contributed by atoms with Gasteiger partial charge in [-0.2, -0.15) is 0 Å². The first-order valence-corrected chi connectivity index (χ1v) is 4.83. The van der Waals surface area contributed by atoms with Crippen LogP contribution in [0, 0.1) is 0 Å². The summed E-state index contributed by atoms with van der Waals surface area (Å²) in [6.45, 7) is 9.11. The number of piperazine rings is 2. The lowest BCUT2D eigenvalue weighted by atomic mass is 10.4. The molecule has 2 heterocycles. The number of halogens is 1. The van der Waals surface area contributed by atoms with Gasteiger partial charge in [0.05, 0.1) is 0 Å². The molecule has 0 aromatic rings. The molecule has 0 aromatic carbocycles. The molecule has 0 radical (unpaired) electrons. The number of nitrogens with one attached hydrogen (secondary N) is 4. The zero-order chi connectivity index (χ0) is 8.49. The van der Waals surface area contributed by atoms with Crippen molar-refractivity contribution >= 4 is 0 Å². The second-order valence-corrected chi connectivity index (χ2v) is 3.00. The fraction of sp³-hybridized carbons (Fsp3) is 1.00. The van der Waals surface area contributed by atoms with Gasteiger partial charge >= 0.3 is 0 Å². The van der Waals surface area contributed by atoms with Gasteiger partial charge < -0.3 is 21.3 Å². The van der Waals surface area contributed by atoms with E-state index in [2.05, 4.69) is 21.3 Å². The molecule has 0 bridgehead atoms. The van der Waals surface area contributed by atoms with Crippen LogP contribution in [0.3, 0.4) is 0 Å². The van der Waals surface area contributed by atoms with Crippen molar-refractivity contribution in [3.05, 3.63) is 0 Å². The summed E-state index contributed by atoms with van der Waals surface area (Å²) in [6.07, 6.45) is 0. The molecule has 0 amide bonds. The lowest BCUT2D eigenvalue weighted by Gasteiger charge is -2.11. The minimum atomic E-state index is 0. The number of hydrogen-bond donors (Lipinski definition) is 4. The Morgan fingerprint density at radius 2 is 0.538 bits per heavy atom. The van der Waals surface area contributed by atoms with Crippen LogP contribution in [-0.2, 0) is 0 Å². The summed E-state index contributed by atoms with van der Waals surface area (Å²) in [7, 11) is 0. The summed E-state index contributed by atoms with van der Waals surface area (Å²) in [6, 6.07) is 0. The molecule has 80 valence electrons. The van der Waals surface area contributed by atoms with E-state index in [1.807, 2.05) is 0 Å². The van der Waals surface area contributed by atoms with Crippen molar-refractivity contribution in [3.63, 3.8) is 0 Å². The first-order valence-electron chi connectivity index (χ1n) is 4.83. The average molecular weight is 192 g/mol. The van der Waals surface area contributed by atoms with Gasteiger partial charge in [-0.05, 0) is 0 Å². The van der Waals surface area contributed by atoms with Crippen LogP contribution in [0.2, 0.25) is 0 Å². The largest absolute Gasteiger partial charge is 0.314 e. The van der Waals surface area contributed by atoms with Gasteiger partial charge in [0.1, 0.15) is 0 Å². The Bertz CT molecular complexity index is 59.1. The number of rotatable bonds is 0. The predicted octanol–water partition coefficient (Wildman–Crippen LogP) is -1.49. The van der Waals surface area contributed by atoms with Crippen molar-refractivity contribution in [2.45, 2.75) is 0 Å². The van der Waals surface area contributed by atoms with Gasteiger partial charge in [-0.3, -0.25) is 4.70 Å². The summed E-state index contributed by atoms with van der Waals surface area (Å²) in [4.78, 5) is 0. The van der Waals surface area contributed by atoms with Crippen molar-refractivity contribution in [2.24, 2.45) is 0 Å². The molecule has 2 aliphatic rings. The second-order valence-electron chi connectivity index (χ2n) is 3.00. The minimum Gasteiger partial charge on any atom is -0.314 e. The molecule has 0 aromatic heterocycles. The van der Waals surface area contributed by atoms with Crippen molar-refractivity contribution in [2.75, 3.05) is 52.4 Å². The molecular weight excluding hydrogens is 171 g/mol. The molecule has 2 saturated heterocycles. The Hall–Kier alpha value is -0.230. The molecule has 2 aliphatic heterocycles. The third kappa shape index (κ3) is 8.11. The summed E-state index contributed by atoms with van der Waals surface area (Å²) in [5, 5.41) is 12.9. The molecule has 13 heavy (non-hydrogen) atoms. The topological polar surface area (TPSA) is 48.1 Å². The first-order chi connectivity index (χ1) is 6.00. The second kappa shape index (κ2) is 9.85. The van der Waals surface area contributed by atoms with Crippen LogP contribution < -0.4 is 21.3 Å². The zero-order valence-electron chi connectivity index (χ0n) is 8.07. The van der Waals surface area contributed by atoms with E-state index in [0.717, 1.165) is 52.4 Å². The Labute approximate surface area is 79.2 Å². The van der Waals surface area contributed by atoms with Crippen molar-refractivity contribution in [1.29, 1.82) is 0 Å². The van der Waals surface area contributed by atoms with E-state index in [4.69, 9.17) is 0 Å². The molecule has 0 aliphatic carbocycles. The van der Waals surface area contributed by atoms with Gasteiger partial charge in [0.15, 0.2) is 0 Å². The molecule has 4 N–H and O–H groups in total. The van der Waals surface area contributed by atoms with Crippen LogP contribution in [0.25, 0.3) is 0 Å². The van der Waals surface area contributed by atoms with E-state index in [-0.39, 0.29) is 4.70 Å². The third-order valence-electron chi connectivity index (χ3n) is 1.91. The minimum absolute atomic E-state index is 0. The average Bonchev–Trinajstić information content (AvgIpc) is 2.24. The van der Waals surface area contributed by atoms with E-state index < -0.39 is 0 Å². The summed E-state index contributed by atoms with van der Waals surface area (Å²) < 4.78 is 0. The predicted molar refractivity (Wildman–Crippen MR) is 54.0 cm³/mol. The Morgan fingerprint density at radius 1 is 0.385 bits per heavy atom. The maximum atomic E-state index is 3.22.